The van der Waals surface area contributed by atoms with Gasteiger partial charge in [0.1, 0.15) is 0 Å². The first-order chi connectivity index (χ1) is 7.25. The minimum Gasteiger partial charge on any atom is -0.387 e. The van der Waals surface area contributed by atoms with E-state index in [9.17, 15) is 5.11 Å². The van der Waals surface area contributed by atoms with Crippen LogP contribution < -0.4 is 0 Å². The molecule has 0 radical (unpaired) electrons. The Morgan fingerprint density at radius 3 is 2.73 bits per heavy atom. The minimum absolute atomic E-state index is 0.367. The van der Waals surface area contributed by atoms with Crippen molar-refractivity contribution in [2.24, 2.45) is 5.92 Å². The third kappa shape index (κ3) is 2.78. The Hall–Kier alpha value is -0.890. The van der Waals surface area contributed by atoms with E-state index in [0.29, 0.717) is 5.92 Å². The maximum atomic E-state index is 10.0. The SMILES string of the molecule is Cc1ccc(C(O)CC2CCCC2)nc1. The first kappa shape index (κ1) is 10.6. The van der Waals surface area contributed by atoms with E-state index in [1.807, 2.05) is 25.3 Å². The fourth-order valence-electron chi connectivity index (χ4n) is 2.36. The molecule has 1 aromatic rings. The van der Waals surface area contributed by atoms with Gasteiger partial charge in [-0.15, -0.1) is 0 Å². The molecular weight excluding hydrogens is 186 g/mol. The van der Waals surface area contributed by atoms with Crippen LogP contribution in [0.4, 0.5) is 0 Å². The van der Waals surface area contributed by atoms with Crippen molar-refractivity contribution < 1.29 is 5.11 Å². The summed E-state index contributed by atoms with van der Waals surface area (Å²) in [6, 6.07) is 3.95. The quantitative estimate of drug-likeness (QED) is 0.822. The lowest BCUT2D eigenvalue weighted by molar-refractivity contribution is 0.140. The fraction of sp³-hybridized carbons (Fsp3) is 0.615. The van der Waals surface area contributed by atoms with Crippen LogP contribution in [0.1, 0.15) is 49.5 Å². The van der Waals surface area contributed by atoms with Crippen molar-refractivity contribution in [2.75, 3.05) is 0 Å². The Morgan fingerprint density at radius 2 is 2.13 bits per heavy atom. The molecule has 0 aliphatic heterocycles. The highest BCUT2D eigenvalue weighted by atomic mass is 16.3. The molecule has 2 heteroatoms. The summed E-state index contributed by atoms with van der Waals surface area (Å²) in [6.45, 7) is 2.01. The molecule has 1 aliphatic carbocycles. The Balaban J connectivity index is 1.94. The van der Waals surface area contributed by atoms with E-state index in [2.05, 4.69) is 4.98 Å². The smallest absolute Gasteiger partial charge is 0.0962 e. The first-order valence-corrected chi connectivity index (χ1v) is 5.86. The molecule has 0 spiro atoms. The number of rotatable bonds is 3. The van der Waals surface area contributed by atoms with Gasteiger partial charge in [0.2, 0.25) is 0 Å². The zero-order chi connectivity index (χ0) is 10.7. The molecule has 1 heterocycles. The number of aliphatic hydroxyl groups excluding tert-OH is 1. The van der Waals surface area contributed by atoms with Gasteiger partial charge in [-0.3, -0.25) is 4.98 Å². The molecular formula is C13H19NO. The average Bonchev–Trinajstić information content (AvgIpc) is 2.71. The molecule has 0 bridgehead atoms. The number of aryl methyl sites for hydroxylation is 1. The van der Waals surface area contributed by atoms with Gasteiger partial charge < -0.3 is 5.11 Å². The van der Waals surface area contributed by atoms with Gasteiger partial charge in [0.25, 0.3) is 0 Å². The Kier molecular flexibility index (Phi) is 3.37. The van der Waals surface area contributed by atoms with E-state index < -0.39 is 0 Å². The van der Waals surface area contributed by atoms with Crippen LogP contribution in [0.2, 0.25) is 0 Å². The molecule has 1 atom stereocenters. The van der Waals surface area contributed by atoms with Gasteiger partial charge in [-0.1, -0.05) is 31.7 Å². The second kappa shape index (κ2) is 4.75. The maximum absolute atomic E-state index is 10.0. The molecule has 1 aromatic heterocycles. The Bertz CT molecular complexity index is 301. The topological polar surface area (TPSA) is 33.1 Å². The van der Waals surface area contributed by atoms with Crippen molar-refractivity contribution in [1.29, 1.82) is 0 Å². The van der Waals surface area contributed by atoms with Crippen molar-refractivity contribution in [1.82, 2.24) is 4.98 Å². The predicted octanol–water partition coefficient (Wildman–Crippen LogP) is 3.00. The van der Waals surface area contributed by atoms with Crippen LogP contribution in [0.5, 0.6) is 0 Å². The third-order valence-electron chi connectivity index (χ3n) is 3.31. The number of hydrogen-bond donors (Lipinski definition) is 1. The molecule has 0 saturated heterocycles. The predicted molar refractivity (Wildman–Crippen MR) is 60.5 cm³/mol. The number of aliphatic hydroxyl groups is 1. The lowest BCUT2D eigenvalue weighted by Gasteiger charge is -2.14. The lowest BCUT2D eigenvalue weighted by atomic mass is 9.98. The van der Waals surface area contributed by atoms with Crippen LogP contribution in [0, 0.1) is 12.8 Å². The van der Waals surface area contributed by atoms with Gasteiger partial charge in [0.05, 0.1) is 11.8 Å². The standard InChI is InChI=1S/C13H19NO/c1-10-6-7-12(14-9-10)13(15)8-11-4-2-3-5-11/h6-7,9,11,13,15H,2-5,8H2,1H3. The summed E-state index contributed by atoms with van der Waals surface area (Å²) in [5, 5.41) is 10.0. The van der Waals surface area contributed by atoms with Gasteiger partial charge in [-0.05, 0) is 30.9 Å². The fourth-order valence-corrected chi connectivity index (χ4v) is 2.36. The molecule has 15 heavy (non-hydrogen) atoms. The average molecular weight is 205 g/mol. The normalized spacial score (nSPS) is 19.3. The number of nitrogens with zero attached hydrogens (tertiary/aromatic N) is 1. The Labute approximate surface area is 91.4 Å². The van der Waals surface area contributed by atoms with Crippen molar-refractivity contribution in [3.8, 4) is 0 Å². The highest BCUT2D eigenvalue weighted by molar-refractivity contribution is 5.14. The third-order valence-corrected chi connectivity index (χ3v) is 3.31. The van der Waals surface area contributed by atoms with E-state index in [4.69, 9.17) is 0 Å². The maximum Gasteiger partial charge on any atom is 0.0962 e. The second-order valence-electron chi connectivity index (χ2n) is 4.66. The molecule has 1 N–H and O–H groups in total. The molecule has 0 aromatic carbocycles. The molecule has 82 valence electrons. The summed E-state index contributed by atoms with van der Waals surface area (Å²) >= 11 is 0. The van der Waals surface area contributed by atoms with E-state index >= 15 is 0 Å². The van der Waals surface area contributed by atoms with Crippen LogP contribution in [0.25, 0.3) is 0 Å². The van der Waals surface area contributed by atoms with Crippen molar-refractivity contribution in [2.45, 2.75) is 45.1 Å². The highest BCUT2D eigenvalue weighted by Gasteiger charge is 2.20. The minimum atomic E-state index is -0.367. The zero-order valence-electron chi connectivity index (χ0n) is 9.32. The second-order valence-corrected chi connectivity index (χ2v) is 4.66. The number of hydrogen-bond acceptors (Lipinski definition) is 2. The largest absolute Gasteiger partial charge is 0.387 e. The van der Waals surface area contributed by atoms with Crippen molar-refractivity contribution >= 4 is 0 Å². The van der Waals surface area contributed by atoms with E-state index in [1.54, 1.807) is 0 Å². The summed E-state index contributed by atoms with van der Waals surface area (Å²) in [4.78, 5) is 4.27. The van der Waals surface area contributed by atoms with Crippen LogP contribution >= 0.6 is 0 Å². The van der Waals surface area contributed by atoms with Crippen molar-refractivity contribution in [3.05, 3.63) is 29.6 Å². The molecule has 1 fully saturated rings. The summed E-state index contributed by atoms with van der Waals surface area (Å²) < 4.78 is 0. The van der Waals surface area contributed by atoms with Crippen molar-refractivity contribution in [3.63, 3.8) is 0 Å². The highest BCUT2D eigenvalue weighted by Crippen LogP contribution is 2.32. The van der Waals surface area contributed by atoms with E-state index in [1.165, 1.54) is 25.7 Å². The summed E-state index contributed by atoms with van der Waals surface area (Å²) in [5.74, 6) is 0.711. The van der Waals surface area contributed by atoms with Crippen LogP contribution in [0.3, 0.4) is 0 Å². The summed E-state index contributed by atoms with van der Waals surface area (Å²) in [6.07, 6.45) is 7.57. The lowest BCUT2D eigenvalue weighted by Crippen LogP contribution is -2.06. The van der Waals surface area contributed by atoms with Crippen LogP contribution in [0.15, 0.2) is 18.3 Å². The zero-order valence-corrected chi connectivity index (χ0v) is 9.32. The van der Waals surface area contributed by atoms with Gasteiger partial charge >= 0.3 is 0 Å². The van der Waals surface area contributed by atoms with Gasteiger partial charge in [-0.25, -0.2) is 0 Å². The molecule has 1 aliphatic rings. The summed E-state index contributed by atoms with van der Waals surface area (Å²) in [7, 11) is 0. The van der Waals surface area contributed by atoms with Crippen LogP contribution in [-0.4, -0.2) is 10.1 Å². The molecule has 1 saturated carbocycles. The number of pyridine rings is 1. The van der Waals surface area contributed by atoms with Gasteiger partial charge in [-0.2, -0.15) is 0 Å². The van der Waals surface area contributed by atoms with E-state index in [0.717, 1.165) is 17.7 Å². The molecule has 1 unspecified atom stereocenters. The summed E-state index contributed by atoms with van der Waals surface area (Å²) in [5.41, 5.74) is 1.97. The van der Waals surface area contributed by atoms with Gasteiger partial charge in [0.15, 0.2) is 0 Å². The Morgan fingerprint density at radius 1 is 1.40 bits per heavy atom. The number of aromatic nitrogens is 1. The van der Waals surface area contributed by atoms with Gasteiger partial charge in [0, 0.05) is 6.20 Å². The first-order valence-electron chi connectivity index (χ1n) is 5.86. The molecule has 0 amide bonds. The van der Waals surface area contributed by atoms with E-state index in [-0.39, 0.29) is 6.10 Å². The molecule has 2 nitrogen and oxygen atoms in total. The van der Waals surface area contributed by atoms with Crippen LogP contribution in [-0.2, 0) is 0 Å². The monoisotopic (exact) mass is 205 g/mol. The molecule has 2 rings (SSSR count).